The molecule has 2 nitrogen and oxygen atoms in total. The summed E-state index contributed by atoms with van der Waals surface area (Å²) in [6.07, 6.45) is 0.950. The molecule has 0 heterocycles. The molecule has 12 heavy (non-hydrogen) atoms. The summed E-state index contributed by atoms with van der Waals surface area (Å²) >= 11 is 0. The maximum absolute atomic E-state index is 10.7. The van der Waals surface area contributed by atoms with Crippen LogP contribution in [0.25, 0.3) is 0 Å². The highest BCUT2D eigenvalue weighted by Gasteiger charge is 2.33. The van der Waals surface area contributed by atoms with E-state index in [1.54, 1.807) is 0 Å². The minimum absolute atomic E-state index is 0.0694. The zero-order chi connectivity index (χ0) is 9.99. The van der Waals surface area contributed by atoms with Gasteiger partial charge in [0.1, 0.15) is 0 Å². The zero-order valence-electron chi connectivity index (χ0n) is 9.06. The van der Waals surface area contributed by atoms with Crippen molar-refractivity contribution >= 4 is 5.71 Å². The summed E-state index contributed by atoms with van der Waals surface area (Å²) in [7, 11) is 0. The number of nitrogens with zero attached hydrogens (tertiary/aromatic N) is 1. The summed E-state index contributed by atoms with van der Waals surface area (Å²) in [6, 6.07) is 0. The van der Waals surface area contributed by atoms with Crippen molar-refractivity contribution < 1.29 is 5.21 Å². The molecule has 0 aromatic rings. The topological polar surface area (TPSA) is 32.3 Å². The molecule has 0 saturated carbocycles. The lowest BCUT2D eigenvalue weighted by atomic mass is 9.72. The Morgan fingerprint density at radius 2 is 1.58 bits per heavy atom. The fourth-order valence-corrected chi connectivity index (χ4v) is 1.44. The van der Waals surface area contributed by atoms with Gasteiger partial charge in [-0.05, 0) is 11.6 Å². The van der Waals surface area contributed by atoms with Crippen LogP contribution in [0.1, 0.15) is 48.0 Å². The van der Waals surface area contributed by atoms with Crippen LogP contribution in [-0.4, -0.2) is 5.71 Å². The van der Waals surface area contributed by atoms with Crippen molar-refractivity contribution in [2.75, 3.05) is 0 Å². The van der Waals surface area contributed by atoms with Crippen molar-refractivity contribution in [3.05, 3.63) is 0 Å². The van der Waals surface area contributed by atoms with Crippen LogP contribution >= 0.6 is 0 Å². The van der Waals surface area contributed by atoms with Crippen LogP contribution in [0.3, 0.4) is 0 Å². The Bertz CT molecular complexity index is 175. The Hall–Kier alpha value is -0.530. The molecule has 0 bridgehead atoms. The monoisotopic (exact) mass is 170 g/mol. The van der Waals surface area contributed by atoms with Gasteiger partial charge in [0.2, 0.25) is 0 Å². The van der Waals surface area contributed by atoms with E-state index in [1.807, 2.05) is 20.8 Å². The van der Waals surface area contributed by atoms with Gasteiger partial charge in [-0.2, -0.15) is 0 Å². The lowest BCUT2D eigenvalue weighted by molar-refractivity contribution is 0.196. The molecule has 0 aromatic carbocycles. The number of hydrogen-bond acceptors (Lipinski definition) is 1. The molecule has 0 aromatic heterocycles. The third-order valence-corrected chi connectivity index (χ3v) is 2.33. The van der Waals surface area contributed by atoms with E-state index in [0.29, 0.717) is 0 Å². The lowest BCUT2D eigenvalue weighted by Gasteiger charge is -2.32. The molecule has 0 amide bonds. The minimum atomic E-state index is -0.110. The van der Waals surface area contributed by atoms with E-state index in [0.717, 1.165) is 12.1 Å². The zero-order valence-corrected chi connectivity index (χ0v) is 9.06. The fourth-order valence-electron chi connectivity index (χ4n) is 1.44. The van der Waals surface area contributed by atoms with Crippen molar-refractivity contribution in [3.63, 3.8) is 0 Å². The van der Waals surface area contributed by atoms with Crippen LogP contribution < -0.4 is 0 Å². The predicted octanol–water partition coefficient (Wildman–Crippen LogP) is 3.26. The quantitative estimate of drug-likeness (QED) is 0.450. The molecule has 0 aliphatic heterocycles. The van der Waals surface area contributed by atoms with E-state index in [4.69, 9.17) is 0 Å². The van der Waals surface area contributed by atoms with Crippen LogP contribution in [0, 0.1) is 10.8 Å². The van der Waals surface area contributed by atoms with Gasteiger partial charge in [-0.1, -0.05) is 41.5 Å². The van der Waals surface area contributed by atoms with Gasteiger partial charge in [0.25, 0.3) is 0 Å². The maximum atomic E-state index is 10.7. The fraction of sp³-hybridized carbons (Fsp3) is 0.900. The summed E-state index contributed by atoms with van der Waals surface area (Å²) in [4.78, 5) is 0. The Kier molecular flexibility index (Phi) is 3.31. The molecule has 2 heteroatoms. The van der Waals surface area contributed by atoms with E-state index in [-0.39, 0.29) is 10.8 Å². The molecule has 0 rings (SSSR count). The predicted molar refractivity (Wildman–Crippen MR) is 51.6 cm³/mol. The van der Waals surface area contributed by atoms with Crippen LogP contribution in [0.2, 0.25) is 0 Å². The second-order valence-electron chi connectivity index (χ2n) is 4.93. The molecule has 0 atom stereocenters. The van der Waals surface area contributed by atoms with Crippen LogP contribution in [0.5, 0.6) is 0 Å². The van der Waals surface area contributed by atoms with Crippen molar-refractivity contribution in [1.29, 1.82) is 0 Å². The minimum Gasteiger partial charge on any atom is -0.145 e. The maximum Gasteiger partial charge on any atom is 0.0733 e. The highest BCUT2D eigenvalue weighted by molar-refractivity contribution is 5.93. The van der Waals surface area contributed by atoms with Gasteiger partial charge >= 0.3 is 0 Å². The van der Waals surface area contributed by atoms with Gasteiger partial charge in [0.05, 0.1) is 5.71 Å². The van der Waals surface area contributed by atoms with Gasteiger partial charge in [-0.25, -0.2) is 0 Å². The van der Waals surface area contributed by atoms with Crippen molar-refractivity contribution in [2.45, 2.75) is 48.0 Å². The molecular formula is C10H20NO. The summed E-state index contributed by atoms with van der Waals surface area (Å²) < 4.78 is 0. The first-order valence-electron chi connectivity index (χ1n) is 4.47. The van der Waals surface area contributed by atoms with Crippen molar-refractivity contribution in [1.82, 2.24) is 0 Å². The number of rotatable bonds is 2. The molecule has 0 spiro atoms. The molecule has 0 saturated heterocycles. The Morgan fingerprint density at radius 3 is 1.67 bits per heavy atom. The smallest absolute Gasteiger partial charge is 0.0733 e. The van der Waals surface area contributed by atoms with E-state index in [2.05, 4.69) is 25.9 Å². The highest BCUT2D eigenvalue weighted by Crippen LogP contribution is 2.32. The van der Waals surface area contributed by atoms with E-state index in [9.17, 15) is 5.21 Å². The highest BCUT2D eigenvalue weighted by atomic mass is 16.4. The van der Waals surface area contributed by atoms with Crippen LogP contribution in [-0.2, 0) is 5.21 Å². The lowest BCUT2D eigenvalue weighted by Crippen LogP contribution is -2.34. The Morgan fingerprint density at radius 1 is 1.17 bits per heavy atom. The van der Waals surface area contributed by atoms with E-state index >= 15 is 0 Å². The van der Waals surface area contributed by atoms with E-state index < -0.39 is 0 Å². The van der Waals surface area contributed by atoms with Gasteiger partial charge in [0, 0.05) is 10.8 Å². The van der Waals surface area contributed by atoms with Gasteiger partial charge in [-0.3, -0.25) is 0 Å². The average Bonchev–Trinajstić information content (AvgIpc) is 1.85. The first kappa shape index (κ1) is 11.5. The summed E-state index contributed by atoms with van der Waals surface area (Å²) in [6.45, 7) is 12.3. The first-order valence-corrected chi connectivity index (χ1v) is 4.47. The average molecular weight is 170 g/mol. The van der Waals surface area contributed by atoms with Gasteiger partial charge in [-0.15, -0.1) is 5.21 Å². The van der Waals surface area contributed by atoms with E-state index in [1.165, 1.54) is 0 Å². The SMILES string of the molecule is CCC(C)(C)/C(=N/[O])C(C)(C)C. The third-order valence-electron chi connectivity index (χ3n) is 2.33. The standard InChI is InChI=1S/C10H20NO/c1-7-10(5,6)8(11-12)9(2,3)4/h7H2,1-6H3/b11-8+. The summed E-state index contributed by atoms with van der Waals surface area (Å²) in [5.41, 5.74) is 0.582. The Labute approximate surface area is 75.7 Å². The second kappa shape index (κ2) is 3.46. The van der Waals surface area contributed by atoms with Gasteiger partial charge in [0.15, 0.2) is 0 Å². The third kappa shape index (κ3) is 2.50. The summed E-state index contributed by atoms with van der Waals surface area (Å²) in [5, 5.41) is 13.8. The largest absolute Gasteiger partial charge is 0.145 e. The molecule has 0 aliphatic rings. The number of hydrogen-bond donors (Lipinski definition) is 0. The molecule has 0 N–H and O–H groups in total. The van der Waals surface area contributed by atoms with Crippen molar-refractivity contribution in [2.24, 2.45) is 16.0 Å². The molecule has 0 unspecified atom stereocenters. The Balaban J connectivity index is 4.84. The molecule has 1 radical (unpaired) electrons. The first-order chi connectivity index (χ1) is 5.25. The second-order valence-corrected chi connectivity index (χ2v) is 4.93. The summed E-state index contributed by atoms with van der Waals surface area (Å²) in [5.74, 6) is 0. The van der Waals surface area contributed by atoms with Gasteiger partial charge < -0.3 is 0 Å². The molecule has 0 aliphatic carbocycles. The van der Waals surface area contributed by atoms with Crippen LogP contribution in [0.15, 0.2) is 5.16 Å². The van der Waals surface area contributed by atoms with Crippen molar-refractivity contribution in [3.8, 4) is 0 Å². The van der Waals surface area contributed by atoms with Crippen LogP contribution in [0.4, 0.5) is 0 Å². The molecule has 0 fully saturated rings. The molecule has 71 valence electrons. The molecular weight excluding hydrogens is 150 g/mol. The normalized spacial score (nSPS) is 15.0.